The van der Waals surface area contributed by atoms with Gasteiger partial charge >= 0.3 is 5.97 Å². The fourth-order valence-electron chi connectivity index (χ4n) is 1.18. The van der Waals surface area contributed by atoms with Crippen LogP contribution in [0, 0.1) is 0 Å². The highest BCUT2D eigenvalue weighted by Gasteiger charge is 2.13. The standard InChI is InChI=1S/C10H10O6S/c1-6(11)7-3-8(10(12)16-2)5-9(4-7)17(13,14)15/h3-5H,1-2H3,(H,13,14,15)/p-1. The van der Waals surface area contributed by atoms with Gasteiger partial charge in [-0.15, -0.1) is 0 Å². The average molecular weight is 257 g/mol. The summed E-state index contributed by atoms with van der Waals surface area (Å²) in [5, 5.41) is 0. The lowest BCUT2D eigenvalue weighted by Crippen LogP contribution is -2.08. The third-order valence-electron chi connectivity index (χ3n) is 2.02. The molecule has 0 radical (unpaired) electrons. The molecule has 0 fully saturated rings. The number of ether oxygens (including phenoxy) is 1. The summed E-state index contributed by atoms with van der Waals surface area (Å²) in [7, 11) is -3.63. The van der Waals surface area contributed by atoms with E-state index >= 15 is 0 Å². The van der Waals surface area contributed by atoms with E-state index in [9.17, 15) is 22.6 Å². The summed E-state index contributed by atoms with van der Waals surface area (Å²) in [4.78, 5) is 21.7. The van der Waals surface area contributed by atoms with Crippen LogP contribution in [0.2, 0.25) is 0 Å². The van der Waals surface area contributed by atoms with Crippen molar-refractivity contribution in [3.05, 3.63) is 29.3 Å². The van der Waals surface area contributed by atoms with Gasteiger partial charge in [-0.05, 0) is 25.1 Å². The highest BCUT2D eigenvalue weighted by molar-refractivity contribution is 7.85. The molecule has 1 aromatic carbocycles. The van der Waals surface area contributed by atoms with Crippen molar-refractivity contribution in [3.8, 4) is 0 Å². The average Bonchev–Trinajstić information content (AvgIpc) is 2.26. The minimum absolute atomic E-state index is 0.0395. The Labute approximate surface area is 98.0 Å². The van der Waals surface area contributed by atoms with Gasteiger partial charge in [-0.25, -0.2) is 13.2 Å². The van der Waals surface area contributed by atoms with E-state index in [-0.39, 0.29) is 11.1 Å². The zero-order chi connectivity index (χ0) is 13.2. The number of esters is 1. The molecule has 0 bridgehead atoms. The minimum Gasteiger partial charge on any atom is -0.744 e. The zero-order valence-electron chi connectivity index (χ0n) is 9.09. The molecule has 0 aromatic heterocycles. The molecular formula is C10H9O6S-. The molecule has 1 aromatic rings. The van der Waals surface area contributed by atoms with Gasteiger partial charge in [-0.3, -0.25) is 4.79 Å². The Balaban J connectivity index is 3.50. The van der Waals surface area contributed by atoms with Gasteiger partial charge < -0.3 is 9.29 Å². The Morgan fingerprint density at radius 1 is 1.18 bits per heavy atom. The van der Waals surface area contributed by atoms with Crippen molar-refractivity contribution >= 4 is 21.9 Å². The van der Waals surface area contributed by atoms with E-state index in [4.69, 9.17) is 0 Å². The smallest absolute Gasteiger partial charge is 0.337 e. The van der Waals surface area contributed by atoms with E-state index in [1.54, 1.807) is 0 Å². The lowest BCUT2D eigenvalue weighted by molar-refractivity contribution is 0.0600. The van der Waals surface area contributed by atoms with Crippen LogP contribution < -0.4 is 0 Å². The fourth-order valence-corrected chi connectivity index (χ4v) is 1.72. The van der Waals surface area contributed by atoms with Gasteiger partial charge in [0.2, 0.25) is 0 Å². The monoisotopic (exact) mass is 257 g/mol. The van der Waals surface area contributed by atoms with E-state index in [1.807, 2.05) is 0 Å². The number of carbonyl (C=O) groups is 2. The number of methoxy groups -OCH3 is 1. The van der Waals surface area contributed by atoms with Gasteiger partial charge in [0.25, 0.3) is 0 Å². The van der Waals surface area contributed by atoms with Gasteiger partial charge in [0.15, 0.2) is 5.78 Å². The van der Waals surface area contributed by atoms with Crippen molar-refractivity contribution in [3.63, 3.8) is 0 Å². The summed E-state index contributed by atoms with van der Waals surface area (Å²) < 4.78 is 36.9. The Hall–Kier alpha value is -1.73. The number of hydrogen-bond donors (Lipinski definition) is 0. The van der Waals surface area contributed by atoms with Crippen LogP contribution in [0.5, 0.6) is 0 Å². The van der Waals surface area contributed by atoms with Gasteiger partial charge in [0, 0.05) is 5.56 Å². The second-order valence-electron chi connectivity index (χ2n) is 3.25. The molecule has 1 rings (SSSR count). The summed E-state index contributed by atoms with van der Waals surface area (Å²) in [5.74, 6) is -1.28. The lowest BCUT2D eigenvalue weighted by Gasteiger charge is -2.10. The number of carbonyl (C=O) groups excluding carboxylic acids is 2. The van der Waals surface area contributed by atoms with Gasteiger partial charge in [-0.1, -0.05) is 0 Å². The molecule has 0 saturated heterocycles. The molecule has 0 aliphatic heterocycles. The molecule has 17 heavy (non-hydrogen) atoms. The van der Waals surface area contributed by atoms with Crippen LogP contribution in [0.15, 0.2) is 23.1 Å². The van der Waals surface area contributed by atoms with Crippen LogP contribution in [0.1, 0.15) is 27.6 Å². The number of Topliss-reactive ketones (excluding diaryl/α,β-unsaturated/α-hetero) is 1. The normalized spacial score (nSPS) is 11.0. The van der Waals surface area contributed by atoms with Gasteiger partial charge in [0.05, 0.1) is 17.6 Å². The van der Waals surface area contributed by atoms with E-state index < -0.39 is 26.8 Å². The largest absolute Gasteiger partial charge is 0.744 e. The van der Waals surface area contributed by atoms with Crippen molar-refractivity contribution in [2.45, 2.75) is 11.8 Å². The zero-order valence-corrected chi connectivity index (χ0v) is 9.91. The second kappa shape index (κ2) is 4.64. The number of hydrogen-bond acceptors (Lipinski definition) is 6. The fraction of sp³-hybridized carbons (Fsp3) is 0.200. The van der Waals surface area contributed by atoms with Crippen molar-refractivity contribution in [1.29, 1.82) is 0 Å². The lowest BCUT2D eigenvalue weighted by atomic mass is 10.1. The van der Waals surface area contributed by atoms with Gasteiger partial charge in [0.1, 0.15) is 10.1 Å². The molecule has 0 aliphatic rings. The summed E-state index contributed by atoms with van der Waals surface area (Å²) in [6, 6.07) is 2.97. The van der Waals surface area contributed by atoms with Gasteiger partial charge in [-0.2, -0.15) is 0 Å². The molecule has 0 atom stereocenters. The van der Waals surface area contributed by atoms with Crippen LogP contribution in [-0.2, 0) is 14.9 Å². The Bertz CT molecular complexity index is 572. The van der Waals surface area contributed by atoms with E-state index in [1.165, 1.54) is 13.0 Å². The molecule has 0 heterocycles. The van der Waals surface area contributed by atoms with Crippen LogP contribution in [0.3, 0.4) is 0 Å². The first kappa shape index (κ1) is 13.3. The van der Waals surface area contributed by atoms with Crippen LogP contribution >= 0.6 is 0 Å². The summed E-state index contributed by atoms with van der Waals surface area (Å²) in [6.07, 6.45) is 0. The maximum absolute atomic E-state index is 11.2. The van der Waals surface area contributed by atoms with E-state index in [0.29, 0.717) is 0 Å². The minimum atomic E-state index is -4.73. The summed E-state index contributed by atoms with van der Waals surface area (Å²) >= 11 is 0. The Morgan fingerprint density at radius 3 is 2.12 bits per heavy atom. The van der Waals surface area contributed by atoms with Crippen molar-refractivity contribution in [1.82, 2.24) is 0 Å². The van der Waals surface area contributed by atoms with Crippen molar-refractivity contribution in [2.75, 3.05) is 7.11 Å². The van der Waals surface area contributed by atoms with Crippen LogP contribution in [0.25, 0.3) is 0 Å². The molecular weight excluding hydrogens is 248 g/mol. The first-order valence-electron chi connectivity index (χ1n) is 4.46. The molecule has 92 valence electrons. The second-order valence-corrected chi connectivity index (χ2v) is 4.63. The topological polar surface area (TPSA) is 101 Å². The SMILES string of the molecule is COC(=O)c1cc(C(C)=O)cc(S(=O)(=O)[O-])c1. The molecule has 0 aliphatic carbocycles. The van der Waals surface area contributed by atoms with Crippen LogP contribution in [-0.4, -0.2) is 31.8 Å². The predicted octanol–water partition coefficient (Wildman–Crippen LogP) is 0.580. The summed E-state index contributed by atoms with van der Waals surface area (Å²) in [6.45, 7) is 1.19. The van der Waals surface area contributed by atoms with Crippen molar-refractivity contribution < 1.29 is 27.3 Å². The van der Waals surface area contributed by atoms with Crippen molar-refractivity contribution in [2.24, 2.45) is 0 Å². The predicted molar refractivity (Wildman–Crippen MR) is 55.7 cm³/mol. The first-order valence-corrected chi connectivity index (χ1v) is 5.87. The highest BCUT2D eigenvalue weighted by atomic mass is 32.2. The molecule has 0 spiro atoms. The summed E-state index contributed by atoms with van der Waals surface area (Å²) in [5.41, 5.74) is -0.197. The molecule has 0 unspecified atom stereocenters. The number of ketones is 1. The molecule has 6 nitrogen and oxygen atoms in total. The molecule has 0 saturated carbocycles. The third-order valence-corrected chi connectivity index (χ3v) is 2.84. The van der Waals surface area contributed by atoms with E-state index in [2.05, 4.69) is 4.74 Å². The Morgan fingerprint density at radius 2 is 1.71 bits per heavy atom. The number of benzene rings is 1. The Kier molecular flexibility index (Phi) is 3.64. The highest BCUT2D eigenvalue weighted by Crippen LogP contribution is 2.16. The molecule has 7 heteroatoms. The quantitative estimate of drug-likeness (QED) is 0.446. The molecule has 0 N–H and O–H groups in total. The molecule has 0 amide bonds. The number of rotatable bonds is 3. The van der Waals surface area contributed by atoms with E-state index in [0.717, 1.165) is 19.2 Å². The first-order chi connectivity index (χ1) is 7.75. The maximum atomic E-state index is 11.2. The third kappa shape index (κ3) is 3.11. The van der Waals surface area contributed by atoms with Crippen LogP contribution in [0.4, 0.5) is 0 Å². The maximum Gasteiger partial charge on any atom is 0.337 e.